The lowest BCUT2D eigenvalue weighted by molar-refractivity contribution is -0.143. The molecule has 3 atom stereocenters. The van der Waals surface area contributed by atoms with Crippen molar-refractivity contribution in [3.63, 3.8) is 0 Å². The van der Waals surface area contributed by atoms with Crippen LogP contribution >= 0.6 is 46.4 Å². The number of carboxylic acids is 1. The molecule has 3 aromatic carbocycles. The van der Waals surface area contributed by atoms with E-state index in [4.69, 9.17) is 46.4 Å². The third-order valence-electron chi connectivity index (χ3n) is 8.10. The molecule has 5 rings (SSSR count). The lowest BCUT2D eigenvalue weighted by atomic mass is 9.89. The number of pyridine rings is 1. The molecule has 2 amide bonds. The van der Waals surface area contributed by atoms with Crippen LogP contribution in [0.4, 0.5) is 5.69 Å². The van der Waals surface area contributed by atoms with Crippen molar-refractivity contribution >= 4 is 79.9 Å². The summed E-state index contributed by atoms with van der Waals surface area (Å²) in [7, 11) is -4.33. The summed E-state index contributed by atoms with van der Waals surface area (Å²) in [5, 5.41) is 15.7. The first kappa shape index (κ1) is 35.6. The van der Waals surface area contributed by atoms with E-state index in [1.807, 2.05) is 30.3 Å². The molecule has 0 radical (unpaired) electrons. The molecule has 1 aromatic heterocycles. The van der Waals surface area contributed by atoms with Crippen LogP contribution in [0.5, 0.6) is 0 Å². The molecule has 0 aliphatic carbocycles. The summed E-state index contributed by atoms with van der Waals surface area (Å²) in [5.74, 6) is -3.02. The highest BCUT2D eigenvalue weighted by atomic mass is 35.5. The average Bonchev–Trinajstić information content (AvgIpc) is 3.41. The Hall–Kier alpha value is -3.71. The number of amides is 2. The van der Waals surface area contributed by atoms with Gasteiger partial charge in [-0.3, -0.25) is 14.6 Å². The van der Waals surface area contributed by atoms with Gasteiger partial charge in [0, 0.05) is 47.0 Å². The van der Waals surface area contributed by atoms with Gasteiger partial charge in [0.1, 0.15) is 11.6 Å². The number of rotatable bonds is 10. The molecule has 1 aliphatic heterocycles. The number of sulfonamides is 1. The molecule has 1 fully saturated rings. The zero-order chi connectivity index (χ0) is 34.8. The van der Waals surface area contributed by atoms with Crippen molar-refractivity contribution in [2.24, 2.45) is 0 Å². The van der Waals surface area contributed by atoms with Gasteiger partial charge in [-0.2, -0.15) is 4.31 Å². The number of aromatic nitrogens is 1. The summed E-state index contributed by atoms with van der Waals surface area (Å²) in [4.78, 5) is 42.8. The molecule has 15 heteroatoms. The van der Waals surface area contributed by atoms with E-state index in [0.717, 1.165) is 9.87 Å². The minimum atomic E-state index is -4.33. The van der Waals surface area contributed by atoms with Crippen molar-refractivity contribution in [3.05, 3.63) is 122 Å². The number of carboxylic acid groups (broad SMARTS) is 1. The van der Waals surface area contributed by atoms with Crippen molar-refractivity contribution in [2.75, 3.05) is 11.9 Å². The summed E-state index contributed by atoms with van der Waals surface area (Å²) in [5.41, 5.74) is 0.114. The molecule has 0 spiro atoms. The molecular weight excluding hydrogens is 722 g/mol. The number of carbonyl (C=O) groups is 3. The molecule has 4 aromatic rings. The van der Waals surface area contributed by atoms with Crippen molar-refractivity contribution in [1.29, 1.82) is 0 Å². The molecule has 1 unspecified atom stereocenters. The fourth-order valence-corrected chi connectivity index (χ4v) is 8.73. The average molecular weight is 750 g/mol. The standard InChI is InChI=1S/C33H28Cl4N4O6S/c1-33(15-21(20-5-3-2-4-6-20)18-41(33)48(46,47)25-13-22(34)12-23(35)14-25)32(45)40-28(31(43)44)11-19-7-9-24(10-8-19)39-30(42)29-26(36)16-38-17-27(29)37/h2-10,12-14,16-17,21,28H,11,15,18H2,1H3,(H,39,42)(H,40,45)(H,43,44)/t21-,28+,33?/m1/s1. The fraction of sp³-hybridized carbons (Fsp3) is 0.212. The second-order valence-electron chi connectivity index (χ2n) is 11.4. The summed E-state index contributed by atoms with van der Waals surface area (Å²) in [6.07, 6.45) is 2.54. The normalized spacial score (nSPS) is 18.6. The molecule has 3 N–H and O–H groups in total. The van der Waals surface area contributed by atoms with E-state index in [1.165, 1.54) is 37.5 Å². The van der Waals surface area contributed by atoms with Crippen LogP contribution in [0.2, 0.25) is 20.1 Å². The summed E-state index contributed by atoms with van der Waals surface area (Å²) < 4.78 is 29.2. The maximum absolute atomic E-state index is 14.0. The van der Waals surface area contributed by atoms with Gasteiger partial charge in [0.2, 0.25) is 15.9 Å². The molecule has 2 heterocycles. The summed E-state index contributed by atoms with van der Waals surface area (Å²) in [6, 6.07) is 18.0. The minimum absolute atomic E-state index is 0.0404. The smallest absolute Gasteiger partial charge is 0.326 e. The van der Waals surface area contributed by atoms with Gasteiger partial charge >= 0.3 is 5.97 Å². The largest absolute Gasteiger partial charge is 0.480 e. The maximum Gasteiger partial charge on any atom is 0.326 e. The third kappa shape index (κ3) is 7.62. The number of anilines is 1. The van der Waals surface area contributed by atoms with E-state index in [1.54, 1.807) is 24.3 Å². The molecule has 0 bridgehead atoms. The first-order valence-corrected chi connectivity index (χ1v) is 17.4. The second-order valence-corrected chi connectivity index (χ2v) is 15.0. The highest BCUT2D eigenvalue weighted by Gasteiger charge is 2.54. The summed E-state index contributed by atoms with van der Waals surface area (Å²) in [6.45, 7) is 1.44. The van der Waals surface area contributed by atoms with E-state index in [9.17, 15) is 27.9 Å². The Balaban J connectivity index is 1.37. The van der Waals surface area contributed by atoms with Crippen molar-refractivity contribution in [1.82, 2.24) is 14.6 Å². The Kier molecular flexibility index (Phi) is 10.7. The lowest BCUT2D eigenvalue weighted by Crippen LogP contribution is -2.58. The molecule has 10 nitrogen and oxygen atoms in total. The molecule has 1 saturated heterocycles. The van der Waals surface area contributed by atoms with Gasteiger partial charge < -0.3 is 15.7 Å². The number of aliphatic carboxylic acids is 1. The predicted molar refractivity (Wildman–Crippen MR) is 184 cm³/mol. The van der Waals surface area contributed by atoms with Crippen LogP contribution in [-0.2, 0) is 26.0 Å². The molecular formula is C33H28Cl4N4O6S. The fourth-order valence-electron chi connectivity index (χ4n) is 5.67. The van der Waals surface area contributed by atoms with Crippen LogP contribution in [0.3, 0.4) is 0 Å². The minimum Gasteiger partial charge on any atom is -0.480 e. The van der Waals surface area contributed by atoms with E-state index < -0.39 is 39.4 Å². The lowest BCUT2D eigenvalue weighted by Gasteiger charge is -2.34. The number of halogens is 4. The number of carbonyl (C=O) groups excluding carboxylic acids is 2. The Morgan fingerprint density at radius 3 is 2.15 bits per heavy atom. The van der Waals surface area contributed by atoms with Crippen molar-refractivity contribution < 1.29 is 27.9 Å². The van der Waals surface area contributed by atoms with Crippen LogP contribution < -0.4 is 10.6 Å². The van der Waals surface area contributed by atoms with Gasteiger partial charge in [-0.25, -0.2) is 13.2 Å². The van der Waals surface area contributed by atoms with Crippen LogP contribution in [0.15, 0.2) is 90.1 Å². The number of nitrogens with one attached hydrogen (secondary N) is 2. The van der Waals surface area contributed by atoms with E-state index >= 15 is 0 Å². The number of hydrogen-bond acceptors (Lipinski definition) is 6. The zero-order valence-corrected chi connectivity index (χ0v) is 29.0. The maximum atomic E-state index is 14.0. The van der Waals surface area contributed by atoms with Crippen LogP contribution in [-0.4, -0.2) is 58.7 Å². The SMILES string of the molecule is CC1(C(=O)N[C@@H](Cc2ccc(NC(=O)c3c(Cl)cncc3Cl)cc2)C(=O)O)C[C@@H](c2ccccc2)CN1S(=O)(=O)c1cc(Cl)cc(Cl)c1. The van der Waals surface area contributed by atoms with Crippen LogP contribution in [0.1, 0.15) is 40.7 Å². The van der Waals surface area contributed by atoms with Gasteiger partial charge in [0.05, 0.1) is 20.5 Å². The van der Waals surface area contributed by atoms with Gasteiger partial charge in [-0.1, -0.05) is 88.9 Å². The number of nitrogens with zero attached hydrogens (tertiary/aromatic N) is 2. The van der Waals surface area contributed by atoms with E-state index in [2.05, 4.69) is 15.6 Å². The van der Waals surface area contributed by atoms with Gasteiger partial charge in [0.15, 0.2) is 0 Å². The molecule has 48 heavy (non-hydrogen) atoms. The molecule has 0 saturated carbocycles. The first-order chi connectivity index (χ1) is 22.7. The van der Waals surface area contributed by atoms with Crippen molar-refractivity contribution in [2.45, 2.75) is 42.2 Å². The summed E-state index contributed by atoms with van der Waals surface area (Å²) >= 11 is 24.4. The Bertz CT molecular complexity index is 1940. The molecule has 250 valence electrons. The zero-order valence-electron chi connectivity index (χ0n) is 25.2. The highest BCUT2D eigenvalue weighted by molar-refractivity contribution is 7.89. The monoisotopic (exact) mass is 748 g/mol. The first-order valence-electron chi connectivity index (χ1n) is 14.5. The van der Waals surface area contributed by atoms with Gasteiger partial charge in [0.25, 0.3) is 5.91 Å². The Morgan fingerprint density at radius 2 is 1.56 bits per heavy atom. The van der Waals surface area contributed by atoms with Crippen molar-refractivity contribution in [3.8, 4) is 0 Å². The van der Waals surface area contributed by atoms with Crippen LogP contribution in [0.25, 0.3) is 0 Å². The quantitative estimate of drug-likeness (QED) is 0.164. The van der Waals surface area contributed by atoms with E-state index in [0.29, 0.717) is 11.3 Å². The van der Waals surface area contributed by atoms with Gasteiger partial charge in [-0.15, -0.1) is 0 Å². The second kappa shape index (κ2) is 14.4. The number of hydrogen-bond donors (Lipinski definition) is 3. The highest BCUT2D eigenvalue weighted by Crippen LogP contribution is 2.43. The van der Waals surface area contributed by atoms with E-state index in [-0.39, 0.29) is 55.9 Å². The Labute approximate surface area is 297 Å². The third-order valence-corrected chi connectivity index (χ3v) is 11.1. The van der Waals surface area contributed by atoms with Gasteiger partial charge in [-0.05, 0) is 54.8 Å². The van der Waals surface area contributed by atoms with Crippen LogP contribution in [0, 0.1) is 0 Å². The Morgan fingerprint density at radius 1 is 0.958 bits per heavy atom. The topological polar surface area (TPSA) is 146 Å². The number of benzene rings is 3. The predicted octanol–water partition coefficient (Wildman–Crippen LogP) is 6.70. The molecule has 1 aliphatic rings.